The van der Waals surface area contributed by atoms with Crippen LogP contribution in [0.4, 0.5) is 28.8 Å². The molecule has 1 heterocycles. The number of hydrogen-bond acceptors (Lipinski definition) is 6. The number of aromatic nitrogens is 3. The maximum atomic E-state index is 11.1. The first-order valence-corrected chi connectivity index (χ1v) is 8.60. The Morgan fingerprint density at radius 1 is 0.926 bits per heavy atom. The number of carbonyl (C=O) groups excluding carboxylic acids is 1. The molecular weight excluding hydrogens is 340 g/mol. The number of carbonyl (C=O) groups is 1. The fourth-order valence-electron chi connectivity index (χ4n) is 2.89. The zero-order chi connectivity index (χ0) is 19.4. The summed E-state index contributed by atoms with van der Waals surface area (Å²) in [4.78, 5) is 15.6. The van der Waals surface area contributed by atoms with Crippen molar-refractivity contribution in [2.75, 3.05) is 16.0 Å². The van der Waals surface area contributed by atoms with Gasteiger partial charge in [-0.05, 0) is 56.2 Å². The van der Waals surface area contributed by atoms with Gasteiger partial charge in [0.25, 0.3) is 0 Å². The number of nitrogens with one attached hydrogen (secondary N) is 3. The molecule has 1 amide bonds. The van der Waals surface area contributed by atoms with Crippen molar-refractivity contribution in [1.29, 1.82) is 0 Å². The minimum atomic E-state index is -0.104. The van der Waals surface area contributed by atoms with Crippen LogP contribution < -0.4 is 16.0 Å². The molecule has 0 saturated heterocycles. The van der Waals surface area contributed by atoms with E-state index >= 15 is 0 Å². The lowest BCUT2D eigenvalue weighted by molar-refractivity contribution is -0.114. The fourth-order valence-corrected chi connectivity index (χ4v) is 2.89. The second-order valence-electron chi connectivity index (χ2n) is 6.45. The van der Waals surface area contributed by atoms with E-state index in [2.05, 4.69) is 64.0 Å². The van der Waals surface area contributed by atoms with Gasteiger partial charge in [0.05, 0.1) is 6.20 Å². The molecular formula is C20H22N6O. The van der Waals surface area contributed by atoms with E-state index in [1.165, 1.54) is 12.5 Å². The number of rotatable bonds is 5. The number of benzene rings is 2. The van der Waals surface area contributed by atoms with Crippen molar-refractivity contribution >= 4 is 34.7 Å². The molecule has 7 heteroatoms. The van der Waals surface area contributed by atoms with E-state index in [-0.39, 0.29) is 5.91 Å². The van der Waals surface area contributed by atoms with E-state index < -0.39 is 0 Å². The zero-order valence-electron chi connectivity index (χ0n) is 15.8. The Morgan fingerprint density at radius 2 is 1.56 bits per heavy atom. The van der Waals surface area contributed by atoms with Crippen molar-refractivity contribution in [3.05, 3.63) is 59.3 Å². The Kier molecular flexibility index (Phi) is 5.30. The molecule has 3 aromatic rings. The highest BCUT2D eigenvalue weighted by Gasteiger charge is 2.07. The molecule has 0 saturated carbocycles. The van der Waals surface area contributed by atoms with Gasteiger partial charge < -0.3 is 16.0 Å². The van der Waals surface area contributed by atoms with Crippen LogP contribution in [0.25, 0.3) is 0 Å². The zero-order valence-corrected chi connectivity index (χ0v) is 15.8. The van der Waals surface area contributed by atoms with E-state index in [0.29, 0.717) is 11.8 Å². The van der Waals surface area contributed by atoms with Crippen molar-refractivity contribution < 1.29 is 4.79 Å². The molecule has 0 spiro atoms. The number of amides is 1. The van der Waals surface area contributed by atoms with Gasteiger partial charge in [-0.2, -0.15) is 10.1 Å². The largest absolute Gasteiger partial charge is 0.339 e. The molecule has 0 bridgehead atoms. The van der Waals surface area contributed by atoms with Crippen LogP contribution in [0, 0.1) is 20.8 Å². The minimum Gasteiger partial charge on any atom is -0.339 e. The predicted molar refractivity (Wildman–Crippen MR) is 108 cm³/mol. The number of nitrogens with zero attached hydrogens (tertiary/aromatic N) is 3. The lowest BCUT2D eigenvalue weighted by atomic mass is 10.1. The summed E-state index contributed by atoms with van der Waals surface area (Å²) in [5, 5.41) is 17.3. The summed E-state index contributed by atoms with van der Waals surface area (Å²) in [6.45, 7) is 7.65. The van der Waals surface area contributed by atoms with Crippen molar-refractivity contribution in [3.8, 4) is 0 Å². The third-order valence-electron chi connectivity index (χ3n) is 3.95. The number of anilines is 5. The summed E-state index contributed by atoms with van der Waals surface area (Å²) in [5.74, 6) is 0.889. The van der Waals surface area contributed by atoms with Crippen LogP contribution in [0.5, 0.6) is 0 Å². The number of aryl methyl sites for hydroxylation is 3. The first kappa shape index (κ1) is 18.3. The van der Waals surface area contributed by atoms with Gasteiger partial charge >= 0.3 is 0 Å². The lowest BCUT2D eigenvalue weighted by Gasteiger charge is -2.13. The normalized spacial score (nSPS) is 10.4. The highest BCUT2D eigenvalue weighted by atomic mass is 16.1. The quantitative estimate of drug-likeness (QED) is 0.629. The van der Waals surface area contributed by atoms with E-state index in [9.17, 15) is 4.79 Å². The van der Waals surface area contributed by atoms with Crippen LogP contribution in [0.15, 0.2) is 42.6 Å². The Hall–Kier alpha value is -3.48. The minimum absolute atomic E-state index is 0.104. The highest BCUT2D eigenvalue weighted by Crippen LogP contribution is 2.25. The Morgan fingerprint density at radius 3 is 2.19 bits per heavy atom. The summed E-state index contributed by atoms with van der Waals surface area (Å²) < 4.78 is 0. The fraction of sp³-hybridized carbons (Fsp3) is 0.200. The predicted octanol–water partition coefficient (Wildman–Crippen LogP) is 4.24. The van der Waals surface area contributed by atoms with Gasteiger partial charge in [0.2, 0.25) is 11.9 Å². The molecule has 27 heavy (non-hydrogen) atoms. The lowest BCUT2D eigenvalue weighted by Crippen LogP contribution is -2.06. The molecule has 3 N–H and O–H groups in total. The Labute approximate surface area is 158 Å². The van der Waals surface area contributed by atoms with Crippen molar-refractivity contribution in [1.82, 2.24) is 15.2 Å². The van der Waals surface area contributed by atoms with Crippen LogP contribution in [-0.4, -0.2) is 21.1 Å². The molecule has 3 rings (SSSR count). The summed E-state index contributed by atoms with van der Waals surface area (Å²) >= 11 is 0. The van der Waals surface area contributed by atoms with Crippen molar-refractivity contribution in [3.63, 3.8) is 0 Å². The Bertz CT molecular complexity index is 945. The summed E-state index contributed by atoms with van der Waals surface area (Å²) in [5.41, 5.74) is 6.03. The molecule has 0 fully saturated rings. The molecule has 0 radical (unpaired) electrons. The molecule has 0 atom stereocenters. The average Bonchev–Trinajstić information content (AvgIpc) is 2.60. The van der Waals surface area contributed by atoms with E-state index in [4.69, 9.17) is 0 Å². The van der Waals surface area contributed by atoms with Crippen LogP contribution in [0.2, 0.25) is 0 Å². The molecule has 138 valence electrons. The molecule has 0 aliphatic carbocycles. The summed E-state index contributed by atoms with van der Waals surface area (Å²) in [7, 11) is 0. The molecule has 0 unspecified atom stereocenters. The van der Waals surface area contributed by atoms with Crippen LogP contribution in [0.1, 0.15) is 23.6 Å². The van der Waals surface area contributed by atoms with E-state index in [0.717, 1.165) is 28.2 Å². The smallest absolute Gasteiger partial charge is 0.249 e. The van der Waals surface area contributed by atoms with Gasteiger partial charge in [-0.3, -0.25) is 4.79 Å². The second-order valence-corrected chi connectivity index (χ2v) is 6.45. The highest BCUT2D eigenvalue weighted by molar-refractivity contribution is 5.88. The van der Waals surface area contributed by atoms with Gasteiger partial charge in [0, 0.05) is 24.0 Å². The molecule has 0 aliphatic rings. The first-order chi connectivity index (χ1) is 12.9. The van der Waals surface area contributed by atoms with Gasteiger partial charge in [-0.15, -0.1) is 5.10 Å². The van der Waals surface area contributed by atoms with Gasteiger partial charge in [0.1, 0.15) is 0 Å². The third-order valence-corrected chi connectivity index (χ3v) is 3.95. The van der Waals surface area contributed by atoms with Crippen LogP contribution >= 0.6 is 0 Å². The summed E-state index contributed by atoms with van der Waals surface area (Å²) in [6, 6.07) is 11.6. The summed E-state index contributed by atoms with van der Waals surface area (Å²) in [6.07, 6.45) is 1.56. The topological polar surface area (TPSA) is 91.8 Å². The van der Waals surface area contributed by atoms with Gasteiger partial charge in [-0.25, -0.2) is 0 Å². The molecule has 2 aromatic carbocycles. The maximum Gasteiger partial charge on any atom is 0.249 e. The van der Waals surface area contributed by atoms with Crippen LogP contribution in [-0.2, 0) is 4.79 Å². The van der Waals surface area contributed by atoms with Gasteiger partial charge in [-0.1, -0.05) is 17.7 Å². The van der Waals surface area contributed by atoms with E-state index in [1.807, 2.05) is 24.3 Å². The first-order valence-electron chi connectivity index (χ1n) is 8.60. The second kappa shape index (κ2) is 7.82. The molecule has 0 aliphatic heterocycles. The van der Waals surface area contributed by atoms with Crippen molar-refractivity contribution in [2.45, 2.75) is 27.7 Å². The van der Waals surface area contributed by atoms with E-state index in [1.54, 1.807) is 6.20 Å². The Balaban J connectivity index is 1.75. The third kappa shape index (κ3) is 4.78. The average molecular weight is 362 g/mol. The van der Waals surface area contributed by atoms with Crippen LogP contribution in [0.3, 0.4) is 0 Å². The van der Waals surface area contributed by atoms with Gasteiger partial charge in [0.15, 0.2) is 5.82 Å². The monoisotopic (exact) mass is 362 g/mol. The maximum absolute atomic E-state index is 11.1. The standard InChI is InChI=1S/C20H22N6O/c1-12-9-13(2)19(14(3)10-12)25-20-24-18(11-21-26-20)23-17-7-5-16(6-8-17)22-15(4)27/h5-11H,1-4H3,(H,22,27)(H2,23,24,25,26). The van der Waals surface area contributed by atoms with Crippen molar-refractivity contribution in [2.24, 2.45) is 0 Å². The molecule has 1 aromatic heterocycles. The molecule has 7 nitrogen and oxygen atoms in total. The number of hydrogen-bond donors (Lipinski definition) is 3. The SMILES string of the molecule is CC(=O)Nc1ccc(Nc2cnnc(Nc3c(C)cc(C)cc3C)n2)cc1.